The molecular weight excluding hydrogens is 366 g/mol. The van der Waals surface area contributed by atoms with Crippen LogP contribution in [-0.4, -0.2) is 74.9 Å². The van der Waals surface area contributed by atoms with Gasteiger partial charge in [-0.3, -0.25) is 4.55 Å². The molecule has 1 fully saturated rings. The van der Waals surface area contributed by atoms with E-state index in [9.17, 15) is 28.8 Å². The van der Waals surface area contributed by atoms with Crippen molar-refractivity contribution >= 4 is 27.2 Å². The largest absolute Gasteiger partial charge is 0.466 e. The molecule has 1 saturated heterocycles. The molecule has 1 heterocycles. The summed E-state index contributed by atoms with van der Waals surface area (Å²) < 4.78 is 39.5. The quantitative estimate of drug-likeness (QED) is 0.159. The van der Waals surface area contributed by atoms with Crippen molar-refractivity contribution in [2.45, 2.75) is 56.5 Å². The van der Waals surface area contributed by atoms with Crippen LogP contribution in [0, 0.1) is 5.92 Å². The maximum Gasteiger partial charge on any atom is 0.466 e. The molecule has 0 aromatic rings. The van der Waals surface area contributed by atoms with Gasteiger partial charge in [-0.1, -0.05) is 30.8 Å². The Morgan fingerprint density at radius 2 is 1.79 bits per heavy atom. The number of thioether (sulfide) groups is 1. The van der Waals surface area contributed by atoms with E-state index < -0.39 is 46.9 Å². The molecule has 0 bridgehead atoms. The van der Waals surface area contributed by atoms with Crippen LogP contribution in [0.4, 0.5) is 0 Å². The SMILES string of the molecule is CCC(CC)C(=NOS(=O)(=O)O)SC1OC(CO)C(O)C(O)C1O. The first kappa shape index (κ1) is 21.6. The van der Waals surface area contributed by atoms with Crippen molar-refractivity contribution in [1.29, 1.82) is 0 Å². The second-order valence-corrected chi connectivity index (χ2v) is 7.38. The van der Waals surface area contributed by atoms with Gasteiger partial charge < -0.3 is 25.2 Å². The molecule has 12 heteroatoms. The van der Waals surface area contributed by atoms with Crippen LogP contribution in [0.3, 0.4) is 0 Å². The lowest BCUT2D eigenvalue weighted by Crippen LogP contribution is -2.57. The van der Waals surface area contributed by atoms with Crippen LogP contribution in [0.2, 0.25) is 0 Å². The number of rotatable bonds is 7. The van der Waals surface area contributed by atoms with Crippen molar-refractivity contribution in [2.24, 2.45) is 11.1 Å². The predicted molar refractivity (Wildman–Crippen MR) is 85.5 cm³/mol. The molecule has 0 aromatic carbocycles. The van der Waals surface area contributed by atoms with Gasteiger partial charge >= 0.3 is 10.4 Å². The Kier molecular flexibility index (Phi) is 8.35. The van der Waals surface area contributed by atoms with Crippen LogP contribution in [0.15, 0.2) is 5.16 Å². The third-order valence-electron chi connectivity index (χ3n) is 3.64. The van der Waals surface area contributed by atoms with Gasteiger partial charge in [0, 0.05) is 5.92 Å². The van der Waals surface area contributed by atoms with Gasteiger partial charge in [0.1, 0.15) is 34.9 Å². The van der Waals surface area contributed by atoms with E-state index in [1.54, 1.807) is 0 Å². The van der Waals surface area contributed by atoms with Crippen LogP contribution in [0.5, 0.6) is 0 Å². The van der Waals surface area contributed by atoms with E-state index in [4.69, 9.17) is 9.29 Å². The monoisotopic (exact) mass is 389 g/mol. The van der Waals surface area contributed by atoms with Gasteiger partial charge in [-0.2, -0.15) is 8.42 Å². The highest BCUT2D eigenvalue weighted by molar-refractivity contribution is 8.14. The molecule has 1 aliphatic rings. The number of oxime groups is 1. The zero-order chi connectivity index (χ0) is 18.5. The molecule has 0 saturated carbocycles. The Bertz CT molecular complexity index is 521. The van der Waals surface area contributed by atoms with Gasteiger partial charge in [-0.05, 0) is 12.8 Å². The third kappa shape index (κ3) is 5.81. The highest BCUT2D eigenvalue weighted by Gasteiger charge is 2.44. The van der Waals surface area contributed by atoms with Crippen LogP contribution in [-0.2, 0) is 19.4 Å². The van der Waals surface area contributed by atoms with E-state index in [0.717, 1.165) is 11.8 Å². The van der Waals surface area contributed by atoms with Crippen LogP contribution in [0.25, 0.3) is 0 Å². The number of hydrogen-bond donors (Lipinski definition) is 5. The van der Waals surface area contributed by atoms with Crippen LogP contribution >= 0.6 is 11.8 Å². The first-order valence-electron chi connectivity index (χ1n) is 7.35. The van der Waals surface area contributed by atoms with E-state index >= 15 is 0 Å². The number of ether oxygens (including phenoxy) is 1. The fraction of sp³-hybridized carbons (Fsp3) is 0.917. The van der Waals surface area contributed by atoms with E-state index in [2.05, 4.69) is 9.44 Å². The van der Waals surface area contributed by atoms with Crippen molar-refractivity contribution in [3.8, 4) is 0 Å². The Balaban J connectivity index is 2.99. The minimum Gasteiger partial charge on any atom is -0.394 e. The molecule has 0 radical (unpaired) electrons. The third-order valence-corrected chi connectivity index (χ3v) is 5.18. The molecule has 5 N–H and O–H groups in total. The second-order valence-electron chi connectivity index (χ2n) is 5.26. The minimum atomic E-state index is -4.79. The summed E-state index contributed by atoms with van der Waals surface area (Å²) in [5.41, 5.74) is -1.12. The summed E-state index contributed by atoms with van der Waals surface area (Å²) in [6.45, 7) is 3.07. The van der Waals surface area contributed by atoms with Gasteiger partial charge in [-0.15, -0.1) is 0 Å². The normalized spacial score (nSPS) is 32.2. The topological polar surface area (TPSA) is 166 Å². The standard InChI is InChI=1S/C12H23NO9S2/c1-3-6(4-2)11(13-22-24(18,19)20)23-12-10(17)9(16)8(15)7(5-14)21-12/h6-10,12,14-17H,3-5H2,1-2H3,(H,18,19,20). The Hall–Kier alpha value is -0.470. The smallest absolute Gasteiger partial charge is 0.394 e. The zero-order valence-electron chi connectivity index (χ0n) is 13.2. The summed E-state index contributed by atoms with van der Waals surface area (Å²) in [5, 5.41) is 42.3. The maximum absolute atomic E-state index is 10.7. The summed E-state index contributed by atoms with van der Waals surface area (Å²) in [7, 11) is -4.79. The average molecular weight is 389 g/mol. The minimum absolute atomic E-state index is 0.127. The molecule has 1 rings (SSSR count). The Morgan fingerprint density at radius 1 is 1.21 bits per heavy atom. The molecule has 0 spiro atoms. The van der Waals surface area contributed by atoms with E-state index in [1.807, 2.05) is 13.8 Å². The van der Waals surface area contributed by atoms with Crippen molar-refractivity contribution in [3.63, 3.8) is 0 Å². The van der Waals surface area contributed by atoms with E-state index in [0.29, 0.717) is 12.8 Å². The number of aliphatic hydroxyl groups excluding tert-OH is 4. The predicted octanol–water partition coefficient (Wildman–Crippen LogP) is -0.911. The van der Waals surface area contributed by atoms with Crippen molar-refractivity contribution in [2.75, 3.05) is 6.61 Å². The van der Waals surface area contributed by atoms with Gasteiger partial charge in [0.05, 0.1) is 6.61 Å². The molecule has 0 amide bonds. The zero-order valence-corrected chi connectivity index (χ0v) is 14.9. The summed E-state index contributed by atoms with van der Waals surface area (Å²) >= 11 is 0.792. The summed E-state index contributed by atoms with van der Waals surface area (Å²) in [6.07, 6.45) is -4.52. The highest BCUT2D eigenvalue weighted by atomic mass is 32.3. The first-order chi connectivity index (χ1) is 11.1. The number of aliphatic hydroxyl groups is 4. The molecular formula is C12H23NO9S2. The van der Waals surface area contributed by atoms with Gasteiger partial charge in [0.25, 0.3) is 0 Å². The molecule has 0 aliphatic carbocycles. The van der Waals surface area contributed by atoms with Crippen molar-refractivity contribution in [3.05, 3.63) is 0 Å². The maximum atomic E-state index is 10.7. The lowest BCUT2D eigenvalue weighted by atomic mass is 10.0. The number of hydrogen-bond acceptors (Lipinski definition) is 10. The molecule has 0 aromatic heterocycles. The first-order valence-corrected chi connectivity index (χ1v) is 9.60. The molecule has 1 aliphatic heterocycles. The highest BCUT2D eigenvalue weighted by Crippen LogP contribution is 2.32. The average Bonchev–Trinajstić information content (AvgIpc) is 2.52. The van der Waals surface area contributed by atoms with Gasteiger partial charge in [0.2, 0.25) is 0 Å². The van der Waals surface area contributed by atoms with Crippen LogP contribution < -0.4 is 0 Å². The number of nitrogens with zero attached hydrogens (tertiary/aromatic N) is 1. The molecule has 24 heavy (non-hydrogen) atoms. The van der Waals surface area contributed by atoms with Gasteiger partial charge in [-0.25, -0.2) is 4.28 Å². The summed E-state index contributed by atoms with van der Waals surface area (Å²) in [6, 6.07) is 0. The van der Waals surface area contributed by atoms with E-state index in [-0.39, 0.29) is 11.0 Å². The molecule has 5 atom stereocenters. The summed E-state index contributed by atoms with van der Waals surface area (Å²) in [4.78, 5) is 0. The second kappa shape index (κ2) is 9.29. The summed E-state index contributed by atoms with van der Waals surface area (Å²) in [5.74, 6) is -0.246. The Labute approximate surface area is 144 Å². The molecule has 5 unspecified atom stereocenters. The van der Waals surface area contributed by atoms with Crippen LogP contribution in [0.1, 0.15) is 26.7 Å². The Morgan fingerprint density at radius 3 is 2.25 bits per heavy atom. The van der Waals surface area contributed by atoms with E-state index in [1.165, 1.54) is 0 Å². The van der Waals surface area contributed by atoms with Gasteiger partial charge in [0.15, 0.2) is 0 Å². The van der Waals surface area contributed by atoms with Crippen molar-refractivity contribution < 1.29 is 42.4 Å². The molecule has 142 valence electrons. The van der Waals surface area contributed by atoms with Crippen molar-refractivity contribution in [1.82, 2.24) is 0 Å². The molecule has 10 nitrogen and oxygen atoms in total. The lowest BCUT2D eigenvalue weighted by molar-refractivity contribution is -0.205. The lowest BCUT2D eigenvalue weighted by Gasteiger charge is -2.39. The fourth-order valence-electron chi connectivity index (χ4n) is 2.20. The fourth-order valence-corrected chi connectivity index (χ4v) is 3.76.